The van der Waals surface area contributed by atoms with Gasteiger partial charge in [0.05, 0.1) is 18.8 Å². The molecule has 236 valence electrons. The third kappa shape index (κ3) is 8.99. The van der Waals surface area contributed by atoms with Crippen LogP contribution in [0.3, 0.4) is 0 Å². The van der Waals surface area contributed by atoms with Gasteiger partial charge in [0.15, 0.2) is 10.6 Å². The molecule has 1 aromatic heterocycles. The number of hydrogen-bond acceptors (Lipinski definition) is 9. The third-order valence-corrected chi connectivity index (χ3v) is 9.79. The summed E-state index contributed by atoms with van der Waals surface area (Å²) in [6.07, 6.45) is -0.377. The lowest BCUT2D eigenvalue weighted by molar-refractivity contribution is -0.268. The summed E-state index contributed by atoms with van der Waals surface area (Å²) < 4.78 is 14.1. The third-order valence-electron chi connectivity index (χ3n) is 7.73. The average molecular weight is 648 g/mol. The molecule has 0 bridgehead atoms. The van der Waals surface area contributed by atoms with Crippen molar-refractivity contribution in [2.45, 2.75) is 69.1 Å². The minimum Gasteiger partial charge on any atom is -0.481 e. The molecule has 1 aliphatic rings. The summed E-state index contributed by atoms with van der Waals surface area (Å²) >= 11 is 3.22. The summed E-state index contributed by atoms with van der Waals surface area (Å²) in [4.78, 5) is 22.8. The molecule has 11 heteroatoms. The van der Waals surface area contributed by atoms with Gasteiger partial charge in [-0.1, -0.05) is 96.8 Å². The minimum absolute atomic E-state index is 0.00782. The van der Waals surface area contributed by atoms with E-state index in [1.54, 1.807) is 23.1 Å². The molecule has 1 fully saturated rings. The van der Waals surface area contributed by atoms with E-state index in [1.807, 2.05) is 79.7 Å². The van der Waals surface area contributed by atoms with Crippen molar-refractivity contribution in [3.05, 3.63) is 100 Å². The van der Waals surface area contributed by atoms with Gasteiger partial charge in [-0.15, -0.1) is 10.2 Å². The van der Waals surface area contributed by atoms with Crippen molar-refractivity contribution < 1.29 is 29.3 Å². The van der Waals surface area contributed by atoms with Crippen LogP contribution >= 0.6 is 23.1 Å². The second kappa shape index (κ2) is 15.6. The van der Waals surface area contributed by atoms with Gasteiger partial charge < -0.3 is 25.0 Å². The number of carbonyl (C=O) groups is 2. The molecule has 3 N–H and O–H groups in total. The van der Waals surface area contributed by atoms with E-state index in [9.17, 15) is 14.7 Å². The van der Waals surface area contributed by atoms with Crippen molar-refractivity contribution in [1.82, 2.24) is 15.5 Å². The quantitative estimate of drug-likeness (QED) is 0.140. The van der Waals surface area contributed by atoms with Crippen LogP contribution in [-0.4, -0.2) is 44.1 Å². The molecule has 4 aromatic rings. The van der Waals surface area contributed by atoms with E-state index in [-0.39, 0.29) is 43.5 Å². The van der Waals surface area contributed by atoms with Crippen LogP contribution in [0, 0.1) is 12.8 Å². The van der Waals surface area contributed by atoms with Crippen LogP contribution in [0.1, 0.15) is 65.8 Å². The predicted molar refractivity (Wildman–Crippen MR) is 174 cm³/mol. The number of carboxylic acids is 1. The zero-order valence-electron chi connectivity index (χ0n) is 25.2. The van der Waals surface area contributed by atoms with Crippen molar-refractivity contribution in [3.8, 4) is 11.1 Å². The number of nitrogens with one attached hydrogen (secondary N) is 1. The van der Waals surface area contributed by atoms with Crippen LogP contribution in [0.25, 0.3) is 11.1 Å². The Bertz CT molecular complexity index is 1580. The number of hydrogen-bond donors (Lipinski definition) is 3. The van der Waals surface area contributed by atoms with E-state index in [2.05, 4.69) is 22.4 Å². The molecule has 0 aliphatic carbocycles. The maximum absolute atomic E-state index is 12.1. The summed E-state index contributed by atoms with van der Waals surface area (Å²) in [5.74, 6) is -0.278. The number of aromatic nitrogens is 2. The van der Waals surface area contributed by atoms with Gasteiger partial charge in [0.1, 0.15) is 5.01 Å². The zero-order chi connectivity index (χ0) is 31.8. The Balaban J connectivity index is 1.28. The molecule has 4 atom stereocenters. The maximum Gasteiger partial charge on any atom is 0.303 e. The van der Waals surface area contributed by atoms with Crippen LogP contribution < -0.4 is 5.32 Å². The van der Waals surface area contributed by atoms with Gasteiger partial charge in [0, 0.05) is 36.6 Å². The van der Waals surface area contributed by atoms with E-state index >= 15 is 0 Å². The van der Waals surface area contributed by atoms with E-state index in [4.69, 9.17) is 14.6 Å². The zero-order valence-corrected chi connectivity index (χ0v) is 26.9. The van der Waals surface area contributed by atoms with Crippen LogP contribution in [0.5, 0.6) is 0 Å². The average Bonchev–Trinajstić information content (AvgIpc) is 3.48. The number of carbonyl (C=O) groups excluding carboxylic acids is 1. The predicted octanol–water partition coefficient (Wildman–Crippen LogP) is 6.46. The first-order chi connectivity index (χ1) is 21.8. The number of benzene rings is 3. The summed E-state index contributed by atoms with van der Waals surface area (Å²) in [6, 6.07) is 24.0. The smallest absolute Gasteiger partial charge is 0.303 e. The Morgan fingerprint density at radius 3 is 2.38 bits per heavy atom. The Hall–Kier alpha value is -3.61. The molecular weight excluding hydrogens is 611 g/mol. The van der Waals surface area contributed by atoms with Gasteiger partial charge in [-0.25, -0.2) is 0 Å². The summed E-state index contributed by atoms with van der Waals surface area (Å²) in [6.45, 7) is 4.46. The minimum atomic E-state index is -0.899. The molecule has 1 amide bonds. The summed E-state index contributed by atoms with van der Waals surface area (Å²) in [7, 11) is 0. The van der Waals surface area contributed by atoms with Gasteiger partial charge in [0.25, 0.3) is 0 Å². The Kier molecular flexibility index (Phi) is 11.4. The van der Waals surface area contributed by atoms with Crippen molar-refractivity contribution in [3.63, 3.8) is 0 Å². The van der Waals surface area contributed by atoms with Gasteiger partial charge in [0.2, 0.25) is 5.91 Å². The molecule has 4 unspecified atom stereocenters. The number of rotatable bonds is 13. The fourth-order valence-electron chi connectivity index (χ4n) is 5.18. The molecule has 2 heterocycles. The molecule has 5 rings (SSSR count). The molecule has 9 nitrogen and oxygen atoms in total. The van der Waals surface area contributed by atoms with E-state index in [0.717, 1.165) is 42.7 Å². The standard InChI is InChI=1S/C34H37N3O6S2/c1-21-29(20-44-34-37-36-22(2)45-34)42-33(43-32(21)26-11-9-23(19-38)10-12-26)27-15-13-25(14-16-27)28-6-3-5-24(17-28)18-35-30(39)7-4-8-31(40)41/h3,5-6,9-17,21,29,32-33,38H,4,7-8,18-20H2,1-2H3,(H,35,39)(H,40,41). The highest BCUT2D eigenvalue weighted by atomic mass is 32.2. The number of aliphatic hydroxyl groups is 1. The fourth-order valence-corrected chi connectivity index (χ4v) is 7.19. The summed E-state index contributed by atoms with van der Waals surface area (Å²) in [5.41, 5.74) is 5.80. The molecule has 0 radical (unpaired) electrons. The molecule has 1 aliphatic heterocycles. The van der Waals surface area contributed by atoms with Gasteiger partial charge in [-0.3, -0.25) is 9.59 Å². The lowest BCUT2D eigenvalue weighted by Gasteiger charge is -2.41. The SMILES string of the molecule is Cc1nnc(SCC2OC(c3ccc(-c4cccc(CNC(=O)CCCC(=O)O)c4)cc3)OC(c3ccc(CO)cc3)C2C)s1. The van der Waals surface area contributed by atoms with E-state index in [0.29, 0.717) is 18.7 Å². The first-order valence-corrected chi connectivity index (χ1v) is 16.7. The normalized spacial score (nSPS) is 19.7. The second-order valence-corrected chi connectivity index (χ2v) is 13.5. The number of nitrogens with zero attached hydrogens (tertiary/aromatic N) is 2. The van der Waals surface area contributed by atoms with E-state index < -0.39 is 12.3 Å². The number of aryl methyl sites for hydroxylation is 1. The largest absolute Gasteiger partial charge is 0.481 e. The maximum atomic E-state index is 12.1. The second-order valence-electron chi connectivity index (χ2n) is 11.1. The Morgan fingerprint density at radius 1 is 0.933 bits per heavy atom. The molecule has 1 saturated heterocycles. The lowest BCUT2D eigenvalue weighted by Crippen LogP contribution is -2.38. The molecule has 45 heavy (non-hydrogen) atoms. The van der Waals surface area contributed by atoms with Crippen molar-refractivity contribution in [1.29, 1.82) is 0 Å². The van der Waals surface area contributed by atoms with Crippen molar-refractivity contribution in [2.75, 3.05) is 5.75 Å². The van der Waals surface area contributed by atoms with Gasteiger partial charge in [-0.2, -0.15) is 0 Å². The Labute approximate surface area is 271 Å². The van der Waals surface area contributed by atoms with Crippen LogP contribution in [0.4, 0.5) is 0 Å². The first-order valence-electron chi connectivity index (χ1n) is 14.9. The monoisotopic (exact) mass is 647 g/mol. The first kappa shape index (κ1) is 32.8. The Morgan fingerprint density at radius 2 is 1.69 bits per heavy atom. The van der Waals surface area contributed by atoms with Crippen LogP contribution in [0.15, 0.2) is 77.1 Å². The highest BCUT2D eigenvalue weighted by Gasteiger charge is 2.38. The number of thioether (sulfide) groups is 1. The molecule has 3 aromatic carbocycles. The topological polar surface area (TPSA) is 131 Å². The molecule has 0 spiro atoms. The van der Waals surface area contributed by atoms with Crippen LogP contribution in [0.2, 0.25) is 0 Å². The van der Waals surface area contributed by atoms with Gasteiger partial charge >= 0.3 is 5.97 Å². The fraction of sp³-hybridized carbons (Fsp3) is 0.353. The number of ether oxygens (including phenoxy) is 2. The van der Waals surface area contributed by atoms with Crippen molar-refractivity contribution >= 4 is 35.0 Å². The number of carboxylic acid groups (broad SMARTS) is 1. The van der Waals surface area contributed by atoms with Crippen molar-refractivity contribution in [2.24, 2.45) is 5.92 Å². The van der Waals surface area contributed by atoms with E-state index in [1.165, 1.54) is 0 Å². The van der Waals surface area contributed by atoms with Gasteiger partial charge in [-0.05, 0) is 47.2 Å². The highest BCUT2D eigenvalue weighted by Crippen LogP contribution is 2.43. The van der Waals surface area contributed by atoms with Crippen LogP contribution in [-0.2, 0) is 32.2 Å². The lowest BCUT2D eigenvalue weighted by atomic mass is 9.91. The highest BCUT2D eigenvalue weighted by molar-refractivity contribution is 8.01. The summed E-state index contributed by atoms with van der Waals surface area (Å²) in [5, 5.41) is 30.5. The number of aliphatic carboxylic acids is 1. The molecule has 0 saturated carbocycles. The molecular formula is C34H37N3O6S2. The number of aliphatic hydroxyl groups excluding tert-OH is 1. The number of amides is 1.